The van der Waals surface area contributed by atoms with Crippen molar-refractivity contribution in [2.75, 3.05) is 19.6 Å². The smallest absolute Gasteiger partial charge is 0.308 e. The molecular weight excluding hydrogens is 238 g/mol. The van der Waals surface area contributed by atoms with Gasteiger partial charge >= 0.3 is 5.97 Å². The molecule has 1 saturated heterocycles. The molecule has 2 rings (SSSR count). The normalized spacial score (nSPS) is 23.7. The predicted octanol–water partition coefficient (Wildman–Crippen LogP) is 2.58. The molecule has 1 aliphatic rings. The number of carboxylic acid groups (broad SMARTS) is 1. The van der Waals surface area contributed by atoms with E-state index in [1.165, 1.54) is 11.1 Å². The Morgan fingerprint density at radius 1 is 1.37 bits per heavy atom. The van der Waals surface area contributed by atoms with Crippen LogP contribution in [-0.2, 0) is 11.2 Å². The second kappa shape index (κ2) is 6.20. The van der Waals surface area contributed by atoms with Crippen LogP contribution in [0.1, 0.15) is 24.5 Å². The minimum absolute atomic E-state index is 0.182. The summed E-state index contributed by atoms with van der Waals surface area (Å²) in [6.45, 7) is 6.82. The van der Waals surface area contributed by atoms with Crippen molar-refractivity contribution in [2.24, 2.45) is 11.8 Å². The van der Waals surface area contributed by atoms with Crippen molar-refractivity contribution in [2.45, 2.75) is 26.7 Å². The van der Waals surface area contributed by atoms with Crippen LogP contribution in [0.3, 0.4) is 0 Å². The third-order valence-corrected chi connectivity index (χ3v) is 4.19. The monoisotopic (exact) mass is 261 g/mol. The minimum atomic E-state index is -0.645. The van der Waals surface area contributed by atoms with Crippen molar-refractivity contribution in [1.82, 2.24) is 4.90 Å². The Hall–Kier alpha value is -1.35. The van der Waals surface area contributed by atoms with Crippen LogP contribution < -0.4 is 0 Å². The molecule has 1 aliphatic heterocycles. The maximum atomic E-state index is 11.1. The fourth-order valence-electron chi connectivity index (χ4n) is 2.95. The van der Waals surface area contributed by atoms with E-state index in [9.17, 15) is 4.79 Å². The Bertz CT molecular complexity index is 444. The highest BCUT2D eigenvalue weighted by atomic mass is 16.4. The van der Waals surface area contributed by atoms with Crippen molar-refractivity contribution in [3.63, 3.8) is 0 Å². The van der Waals surface area contributed by atoms with Crippen molar-refractivity contribution in [3.05, 3.63) is 35.4 Å². The van der Waals surface area contributed by atoms with Crippen LogP contribution in [0.2, 0.25) is 0 Å². The number of nitrogens with zero attached hydrogens (tertiary/aromatic N) is 1. The van der Waals surface area contributed by atoms with Gasteiger partial charge in [0, 0.05) is 13.1 Å². The molecule has 1 N–H and O–H groups in total. The van der Waals surface area contributed by atoms with Gasteiger partial charge in [0.25, 0.3) is 0 Å². The lowest BCUT2D eigenvalue weighted by atomic mass is 9.99. The molecule has 1 heterocycles. The van der Waals surface area contributed by atoms with Crippen LogP contribution >= 0.6 is 0 Å². The Morgan fingerprint density at radius 3 is 2.74 bits per heavy atom. The molecular formula is C16H23NO2. The van der Waals surface area contributed by atoms with Gasteiger partial charge in [-0.3, -0.25) is 4.79 Å². The molecule has 0 aromatic heterocycles. The van der Waals surface area contributed by atoms with Gasteiger partial charge in [0.1, 0.15) is 0 Å². The van der Waals surface area contributed by atoms with Gasteiger partial charge in [-0.1, -0.05) is 31.2 Å². The van der Waals surface area contributed by atoms with Crippen molar-refractivity contribution >= 4 is 5.97 Å². The Kier molecular flexibility index (Phi) is 4.59. The second-order valence-electron chi connectivity index (χ2n) is 5.71. The summed E-state index contributed by atoms with van der Waals surface area (Å²) in [5, 5.41) is 9.11. The highest BCUT2D eigenvalue weighted by Crippen LogP contribution is 2.23. The van der Waals surface area contributed by atoms with Crippen LogP contribution in [0, 0.1) is 18.8 Å². The first-order valence-electron chi connectivity index (χ1n) is 7.07. The first-order chi connectivity index (χ1) is 9.08. The molecule has 0 unspecified atom stereocenters. The molecule has 0 spiro atoms. The average molecular weight is 261 g/mol. The SMILES string of the molecule is Cc1ccccc1CCCN1C[C@@H](C)[C@H](C(=O)O)C1. The van der Waals surface area contributed by atoms with E-state index in [-0.39, 0.29) is 11.8 Å². The van der Waals surface area contributed by atoms with Gasteiger partial charge in [-0.25, -0.2) is 0 Å². The zero-order chi connectivity index (χ0) is 13.8. The summed E-state index contributed by atoms with van der Waals surface area (Å²) >= 11 is 0. The summed E-state index contributed by atoms with van der Waals surface area (Å²) in [5.41, 5.74) is 2.75. The number of aliphatic carboxylic acids is 1. The van der Waals surface area contributed by atoms with Gasteiger partial charge in [0.15, 0.2) is 0 Å². The summed E-state index contributed by atoms with van der Waals surface area (Å²) in [6.07, 6.45) is 2.18. The number of carbonyl (C=O) groups is 1. The predicted molar refractivity (Wildman–Crippen MR) is 76.2 cm³/mol. The summed E-state index contributed by atoms with van der Waals surface area (Å²) in [4.78, 5) is 13.4. The number of hydrogen-bond acceptors (Lipinski definition) is 2. The average Bonchev–Trinajstić information content (AvgIpc) is 2.73. The first-order valence-corrected chi connectivity index (χ1v) is 7.07. The molecule has 3 nitrogen and oxygen atoms in total. The lowest BCUT2D eigenvalue weighted by Crippen LogP contribution is -2.24. The molecule has 3 heteroatoms. The standard InChI is InChI=1S/C16H23NO2/c1-12-6-3-4-7-14(12)8-5-9-17-10-13(2)15(11-17)16(18)19/h3-4,6-7,13,15H,5,8-11H2,1-2H3,(H,18,19)/t13-,15-/m1/s1. The van der Waals surface area contributed by atoms with Gasteiger partial charge in [-0.2, -0.15) is 0 Å². The molecule has 0 radical (unpaired) electrons. The lowest BCUT2D eigenvalue weighted by Gasteiger charge is -2.15. The van der Waals surface area contributed by atoms with Gasteiger partial charge in [-0.15, -0.1) is 0 Å². The molecule has 1 fully saturated rings. The summed E-state index contributed by atoms with van der Waals surface area (Å²) < 4.78 is 0. The fourth-order valence-corrected chi connectivity index (χ4v) is 2.95. The van der Waals surface area contributed by atoms with Gasteiger partial charge in [0.05, 0.1) is 5.92 Å². The van der Waals surface area contributed by atoms with E-state index >= 15 is 0 Å². The molecule has 0 saturated carbocycles. The molecule has 1 aromatic rings. The van der Waals surface area contributed by atoms with Crippen molar-refractivity contribution < 1.29 is 9.90 Å². The lowest BCUT2D eigenvalue weighted by molar-refractivity contribution is -0.142. The number of hydrogen-bond donors (Lipinski definition) is 1. The number of likely N-dealkylation sites (tertiary alicyclic amines) is 1. The zero-order valence-corrected chi connectivity index (χ0v) is 11.8. The van der Waals surface area contributed by atoms with E-state index in [4.69, 9.17) is 5.11 Å². The fraction of sp³-hybridized carbons (Fsp3) is 0.562. The number of benzene rings is 1. The highest BCUT2D eigenvalue weighted by Gasteiger charge is 2.34. The van der Waals surface area contributed by atoms with E-state index in [1.54, 1.807) is 0 Å². The minimum Gasteiger partial charge on any atom is -0.481 e. The Morgan fingerprint density at radius 2 is 2.11 bits per heavy atom. The van der Waals surface area contributed by atoms with E-state index in [1.807, 2.05) is 6.92 Å². The van der Waals surface area contributed by atoms with Gasteiger partial charge in [-0.05, 0) is 43.4 Å². The molecule has 0 amide bonds. The molecule has 104 valence electrons. The van der Waals surface area contributed by atoms with Crippen LogP contribution in [-0.4, -0.2) is 35.6 Å². The van der Waals surface area contributed by atoms with Crippen molar-refractivity contribution in [1.29, 1.82) is 0 Å². The Labute approximate surface area is 115 Å². The van der Waals surface area contributed by atoms with Crippen LogP contribution in [0.25, 0.3) is 0 Å². The molecule has 2 atom stereocenters. The maximum Gasteiger partial charge on any atom is 0.308 e. The largest absolute Gasteiger partial charge is 0.481 e. The van der Waals surface area contributed by atoms with Gasteiger partial charge in [0.2, 0.25) is 0 Å². The molecule has 0 bridgehead atoms. The van der Waals surface area contributed by atoms with Crippen LogP contribution in [0.5, 0.6) is 0 Å². The van der Waals surface area contributed by atoms with Crippen molar-refractivity contribution in [3.8, 4) is 0 Å². The summed E-state index contributed by atoms with van der Waals surface area (Å²) in [7, 11) is 0. The number of rotatable bonds is 5. The molecule has 19 heavy (non-hydrogen) atoms. The molecule has 0 aliphatic carbocycles. The maximum absolute atomic E-state index is 11.1. The van der Waals surface area contributed by atoms with Crippen LogP contribution in [0.15, 0.2) is 24.3 Å². The summed E-state index contributed by atoms with van der Waals surface area (Å²) in [5.74, 6) is -0.552. The third-order valence-electron chi connectivity index (χ3n) is 4.19. The Balaban J connectivity index is 1.78. The van der Waals surface area contributed by atoms with Gasteiger partial charge < -0.3 is 10.0 Å². The van der Waals surface area contributed by atoms with E-state index in [0.29, 0.717) is 6.54 Å². The number of aryl methyl sites for hydroxylation is 2. The number of carboxylic acids is 1. The second-order valence-corrected chi connectivity index (χ2v) is 5.71. The third kappa shape index (κ3) is 3.57. The summed E-state index contributed by atoms with van der Waals surface area (Å²) in [6, 6.07) is 8.48. The van der Waals surface area contributed by atoms with E-state index in [2.05, 4.69) is 36.1 Å². The highest BCUT2D eigenvalue weighted by molar-refractivity contribution is 5.71. The quantitative estimate of drug-likeness (QED) is 0.885. The van der Waals surface area contributed by atoms with Crippen LogP contribution in [0.4, 0.5) is 0 Å². The van der Waals surface area contributed by atoms with E-state index < -0.39 is 5.97 Å². The van der Waals surface area contributed by atoms with E-state index in [0.717, 1.165) is 25.9 Å². The topological polar surface area (TPSA) is 40.5 Å². The molecule has 1 aromatic carbocycles. The first kappa shape index (κ1) is 14.1. The zero-order valence-electron chi connectivity index (χ0n) is 11.8.